The predicted octanol–water partition coefficient (Wildman–Crippen LogP) is 2.96. The number of hydrogen-bond donors (Lipinski definition) is 0. The molecular formula is C18H20O5S2. The van der Waals surface area contributed by atoms with E-state index in [0.717, 1.165) is 11.1 Å². The first kappa shape index (κ1) is 19.4. The smallest absolute Gasteiger partial charge is 0.265 e. The third kappa shape index (κ3) is 5.81. The predicted molar refractivity (Wildman–Crippen MR) is 98.3 cm³/mol. The second-order valence-corrected chi connectivity index (χ2v) is 9.43. The molecule has 0 fully saturated rings. The molecule has 0 spiro atoms. The molecule has 0 saturated carbocycles. The third-order valence-corrected chi connectivity index (χ3v) is 6.43. The van der Waals surface area contributed by atoms with E-state index in [0.29, 0.717) is 5.56 Å². The molecule has 5 nitrogen and oxygen atoms in total. The van der Waals surface area contributed by atoms with Crippen molar-refractivity contribution in [3.8, 4) is 0 Å². The Hall–Kier alpha value is -1.96. The lowest BCUT2D eigenvalue weighted by atomic mass is 10.1. The van der Waals surface area contributed by atoms with Gasteiger partial charge in [-0.2, -0.15) is 8.42 Å². The van der Waals surface area contributed by atoms with Gasteiger partial charge in [-0.15, -0.1) is 0 Å². The van der Waals surface area contributed by atoms with E-state index in [1.54, 1.807) is 42.5 Å². The lowest BCUT2D eigenvalue weighted by Crippen LogP contribution is -2.17. The summed E-state index contributed by atoms with van der Waals surface area (Å²) >= 11 is 0. The minimum atomic E-state index is -3.96. The molecule has 0 amide bonds. The molecule has 2 rings (SSSR count). The molecule has 0 atom stereocenters. The highest BCUT2D eigenvalue weighted by Crippen LogP contribution is 2.14. The Balaban J connectivity index is 1.94. The Bertz CT molecular complexity index is 926. The van der Waals surface area contributed by atoms with Gasteiger partial charge in [0, 0.05) is 0 Å². The van der Waals surface area contributed by atoms with Gasteiger partial charge in [0.05, 0.1) is 23.0 Å². The Morgan fingerprint density at radius 3 is 2.12 bits per heavy atom. The van der Waals surface area contributed by atoms with Crippen molar-refractivity contribution < 1.29 is 21.0 Å². The van der Waals surface area contributed by atoms with Crippen LogP contribution in [0.5, 0.6) is 0 Å². The number of aryl methyl sites for hydroxylation is 1. The van der Waals surface area contributed by atoms with Gasteiger partial charge in [-0.25, -0.2) is 8.42 Å². The summed E-state index contributed by atoms with van der Waals surface area (Å²) in [6, 6.07) is 13.1. The van der Waals surface area contributed by atoms with Gasteiger partial charge in [-0.05, 0) is 30.2 Å². The van der Waals surface area contributed by atoms with Crippen LogP contribution in [0.15, 0.2) is 60.0 Å². The molecule has 0 heterocycles. The van der Waals surface area contributed by atoms with Crippen LogP contribution >= 0.6 is 0 Å². The van der Waals surface area contributed by atoms with Crippen molar-refractivity contribution in [2.24, 2.45) is 0 Å². The SMILES string of the molecule is C=Cc1ccc(CS(=O)(=O)CCOS(=O)(=O)c2ccc(C)cc2)cc1. The average Bonchev–Trinajstić information content (AvgIpc) is 2.55. The maximum atomic E-state index is 12.1. The van der Waals surface area contributed by atoms with Crippen LogP contribution in [-0.2, 0) is 29.9 Å². The van der Waals surface area contributed by atoms with Gasteiger partial charge >= 0.3 is 0 Å². The van der Waals surface area contributed by atoms with Crippen LogP contribution in [0.4, 0.5) is 0 Å². The molecule has 0 aliphatic heterocycles. The van der Waals surface area contributed by atoms with Crippen LogP contribution in [0.3, 0.4) is 0 Å². The standard InChI is InChI=1S/C18H20O5S2/c1-3-16-6-8-17(9-7-16)14-24(19,20)13-12-23-25(21,22)18-10-4-15(2)5-11-18/h3-11H,1,12-14H2,2H3. The maximum Gasteiger partial charge on any atom is 0.297 e. The molecule has 0 aliphatic carbocycles. The van der Waals surface area contributed by atoms with E-state index >= 15 is 0 Å². The molecular weight excluding hydrogens is 360 g/mol. The van der Waals surface area contributed by atoms with Crippen molar-refractivity contribution in [1.29, 1.82) is 0 Å². The Labute approximate surface area is 149 Å². The van der Waals surface area contributed by atoms with Gasteiger partial charge < -0.3 is 0 Å². The zero-order valence-corrected chi connectivity index (χ0v) is 15.5. The Kier molecular flexibility index (Phi) is 6.16. The van der Waals surface area contributed by atoms with Gasteiger partial charge in [0.25, 0.3) is 10.1 Å². The quantitative estimate of drug-likeness (QED) is 0.658. The van der Waals surface area contributed by atoms with Gasteiger partial charge in [0.2, 0.25) is 0 Å². The first-order valence-corrected chi connectivity index (χ1v) is 10.8. The summed E-state index contributed by atoms with van der Waals surface area (Å²) in [5, 5.41) is 0. The van der Waals surface area contributed by atoms with Crippen molar-refractivity contribution in [1.82, 2.24) is 0 Å². The van der Waals surface area contributed by atoms with Crippen LogP contribution < -0.4 is 0 Å². The van der Waals surface area contributed by atoms with E-state index in [4.69, 9.17) is 4.18 Å². The number of rotatable bonds is 8. The average molecular weight is 380 g/mol. The van der Waals surface area contributed by atoms with E-state index in [1.165, 1.54) is 12.1 Å². The summed E-state index contributed by atoms with van der Waals surface area (Å²) < 4.78 is 53.2. The van der Waals surface area contributed by atoms with Crippen molar-refractivity contribution in [3.63, 3.8) is 0 Å². The van der Waals surface area contributed by atoms with Gasteiger partial charge in [0.1, 0.15) is 0 Å². The van der Waals surface area contributed by atoms with Crippen LogP contribution in [0.25, 0.3) is 6.08 Å². The van der Waals surface area contributed by atoms with Crippen molar-refractivity contribution in [2.45, 2.75) is 17.6 Å². The largest absolute Gasteiger partial charge is 0.297 e. The molecule has 7 heteroatoms. The molecule has 0 radical (unpaired) electrons. The third-order valence-electron chi connectivity index (χ3n) is 3.54. The minimum absolute atomic E-state index is 0.00973. The van der Waals surface area contributed by atoms with Gasteiger partial charge in [-0.3, -0.25) is 4.18 Å². The second-order valence-electron chi connectivity index (χ2n) is 5.63. The molecule has 2 aromatic carbocycles. The summed E-state index contributed by atoms with van der Waals surface area (Å²) in [6.45, 7) is 5.06. The van der Waals surface area contributed by atoms with E-state index in [2.05, 4.69) is 6.58 Å². The van der Waals surface area contributed by atoms with E-state index < -0.39 is 26.6 Å². The molecule has 0 saturated heterocycles. The fraction of sp³-hybridized carbons (Fsp3) is 0.222. The number of benzene rings is 2. The number of hydrogen-bond acceptors (Lipinski definition) is 5. The molecule has 2 aromatic rings. The minimum Gasteiger partial charge on any atom is -0.265 e. The zero-order valence-electron chi connectivity index (χ0n) is 13.9. The zero-order chi connectivity index (χ0) is 18.5. The lowest BCUT2D eigenvalue weighted by molar-refractivity contribution is 0.338. The Morgan fingerprint density at radius 1 is 0.960 bits per heavy atom. The molecule has 0 aromatic heterocycles. The first-order valence-electron chi connectivity index (χ1n) is 7.60. The molecule has 134 valence electrons. The summed E-state index contributed by atoms with van der Waals surface area (Å²) in [7, 11) is -7.44. The number of sulfone groups is 1. The first-order chi connectivity index (χ1) is 11.7. The summed E-state index contributed by atoms with van der Waals surface area (Å²) in [4.78, 5) is 0.00973. The van der Waals surface area contributed by atoms with Crippen molar-refractivity contribution >= 4 is 26.0 Å². The maximum absolute atomic E-state index is 12.1. The van der Waals surface area contributed by atoms with Crippen LogP contribution in [0.1, 0.15) is 16.7 Å². The summed E-state index contributed by atoms with van der Waals surface area (Å²) in [5.74, 6) is -0.542. The highest BCUT2D eigenvalue weighted by Gasteiger charge is 2.18. The highest BCUT2D eigenvalue weighted by molar-refractivity contribution is 7.90. The van der Waals surface area contributed by atoms with Crippen LogP contribution in [0, 0.1) is 6.92 Å². The fourth-order valence-corrected chi connectivity index (χ4v) is 4.32. The summed E-state index contributed by atoms with van der Waals surface area (Å²) in [5.41, 5.74) is 2.45. The molecule has 0 unspecified atom stereocenters. The van der Waals surface area contributed by atoms with Crippen LogP contribution in [0.2, 0.25) is 0 Å². The fourth-order valence-electron chi connectivity index (χ4n) is 2.12. The molecule has 25 heavy (non-hydrogen) atoms. The van der Waals surface area contributed by atoms with Crippen LogP contribution in [-0.4, -0.2) is 29.2 Å². The van der Waals surface area contributed by atoms with E-state index in [-0.39, 0.29) is 16.4 Å². The van der Waals surface area contributed by atoms with E-state index in [9.17, 15) is 16.8 Å². The highest BCUT2D eigenvalue weighted by atomic mass is 32.2. The monoisotopic (exact) mass is 380 g/mol. The summed E-state index contributed by atoms with van der Waals surface area (Å²) in [6.07, 6.45) is 1.67. The van der Waals surface area contributed by atoms with Crippen molar-refractivity contribution in [3.05, 3.63) is 71.8 Å². The molecule has 0 N–H and O–H groups in total. The topological polar surface area (TPSA) is 77.5 Å². The van der Waals surface area contributed by atoms with Gasteiger partial charge in [-0.1, -0.05) is 54.6 Å². The van der Waals surface area contributed by atoms with Gasteiger partial charge in [0.15, 0.2) is 9.84 Å². The lowest BCUT2D eigenvalue weighted by Gasteiger charge is -2.07. The molecule has 0 bridgehead atoms. The van der Waals surface area contributed by atoms with E-state index in [1.807, 2.05) is 6.92 Å². The Morgan fingerprint density at radius 2 is 1.56 bits per heavy atom. The second kappa shape index (κ2) is 7.95. The van der Waals surface area contributed by atoms with Crippen molar-refractivity contribution in [2.75, 3.05) is 12.4 Å². The molecule has 0 aliphatic rings. The normalized spacial score (nSPS) is 12.0.